The van der Waals surface area contributed by atoms with E-state index in [1.165, 1.54) is 5.56 Å². The van der Waals surface area contributed by atoms with Crippen molar-refractivity contribution in [2.24, 2.45) is 0 Å². The minimum atomic E-state index is -0.438. The lowest BCUT2D eigenvalue weighted by Crippen LogP contribution is -2.24. The van der Waals surface area contributed by atoms with E-state index in [1.807, 2.05) is 24.3 Å². The van der Waals surface area contributed by atoms with E-state index < -0.39 is 6.23 Å². The van der Waals surface area contributed by atoms with Crippen molar-refractivity contribution >= 4 is 28.1 Å². The summed E-state index contributed by atoms with van der Waals surface area (Å²) in [6.07, 6.45) is 1.16. The highest BCUT2D eigenvalue weighted by Gasteiger charge is 2.18. The van der Waals surface area contributed by atoms with Crippen molar-refractivity contribution in [1.82, 2.24) is 0 Å². The van der Waals surface area contributed by atoms with Crippen LogP contribution in [0.1, 0.15) is 12.0 Å². The number of fused-ring (bicyclic) bond motifs is 3. The van der Waals surface area contributed by atoms with Crippen molar-refractivity contribution in [3.8, 4) is 0 Å². The molecule has 3 rings (SSSR count). The van der Waals surface area contributed by atoms with Gasteiger partial charge < -0.3 is 10.4 Å². The minimum absolute atomic E-state index is 0.438. The zero-order chi connectivity index (χ0) is 11.1. The molecule has 1 heterocycles. The first kappa shape index (κ1) is 9.94. The fraction of sp³-hybridized carbons (Fsp3) is 0.231. The number of aryl methyl sites for hydroxylation is 1. The molecule has 0 aliphatic carbocycles. The van der Waals surface area contributed by atoms with Gasteiger partial charge >= 0.3 is 0 Å². The molecule has 82 valence electrons. The summed E-state index contributed by atoms with van der Waals surface area (Å²) in [5, 5.41) is 15.7. The summed E-state index contributed by atoms with van der Waals surface area (Å²) < 4.78 is 0. The molecule has 0 aromatic heterocycles. The molecule has 1 unspecified atom stereocenters. The number of aliphatic hydroxyl groups excluding tert-OH is 1. The quantitative estimate of drug-likeness (QED) is 0.733. The molecule has 16 heavy (non-hydrogen) atoms. The normalized spacial score (nSPS) is 19.2. The summed E-state index contributed by atoms with van der Waals surface area (Å²) in [7, 11) is 0. The third kappa shape index (κ3) is 1.46. The van der Waals surface area contributed by atoms with Crippen molar-refractivity contribution in [1.29, 1.82) is 0 Å². The minimum Gasteiger partial charge on any atom is -0.374 e. The second-order valence-corrected chi connectivity index (χ2v) is 4.54. The average molecular weight is 234 g/mol. The van der Waals surface area contributed by atoms with E-state index in [1.54, 1.807) is 0 Å². The van der Waals surface area contributed by atoms with Gasteiger partial charge in [0.05, 0.1) is 0 Å². The molecule has 0 saturated heterocycles. The highest BCUT2D eigenvalue weighted by atomic mass is 35.5. The Kier molecular flexibility index (Phi) is 2.27. The fourth-order valence-electron chi connectivity index (χ4n) is 2.33. The zero-order valence-corrected chi connectivity index (χ0v) is 9.46. The van der Waals surface area contributed by atoms with Crippen molar-refractivity contribution in [2.45, 2.75) is 19.1 Å². The van der Waals surface area contributed by atoms with Crippen LogP contribution in [0, 0.1) is 0 Å². The van der Waals surface area contributed by atoms with Crippen LogP contribution in [0.2, 0.25) is 5.02 Å². The van der Waals surface area contributed by atoms with Gasteiger partial charge in [0.25, 0.3) is 0 Å². The Morgan fingerprint density at radius 3 is 3.00 bits per heavy atom. The Bertz CT molecular complexity index is 553. The predicted octanol–water partition coefficient (Wildman–Crippen LogP) is 3.17. The van der Waals surface area contributed by atoms with Crippen LogP contribution in [0.25, 0.3) is 10.8 Å². The molecular formula is C13H12ClNO. The van der Waals surface area contributed by atoms with Gasteiger partial charge in [-0.2, -0.15) is 0 Å². The topological polar surface area (TPSA) is 32.3 Å². The number of hydrogen-bond donors (Lipinski definition) is 2. The van der Waals surface area contributed by atoms with Gasteiger partial charge in [0.1, 0.15) is 6.23 Å². The van der Waals surface area contributed by atoms with Gasteiger partial charge in [0, 0.05) is 16.1 Å². The Morgan fingerprint density at radius 1 is 1.25 bits per heavy atom. The van der Waals surface area contributed by atoms with Gasteiger partial charge in [-0.3, -0.25) is 0 Å². The Hall–Kier alpha value is -1.25. The van der Waals surface area contributed by atoms with Crippen molar-refractivity contribution < 1.29 is 5.11 Å². The van der Waals surface area contributed by atoms with Crippen molar-refractivity contribution in [3.05, 3.63) is 40.9 Å². The lowest BCUT2D eigenvalue weighted by atomic mass is 9.96. The molecule has 0 bridgehead atoms. The van der Waals surface area contributed by atoms with Crippen LogP contribution in [-0.2, 0) is 6.42 Å². The van der Waals surface area contributed by atoms with E-state index in [0.29, 0.717) is 0 Å². The van der Waals surface area contributed by atoms with E-state index in [4.69, 9.17) is 11.6 Å². The van der Waals surface area contributed by atoms with Crippen LogP contribution in [0.3, 0.4) is 0 Å². The van der Waals surface area contributed by atoms with E-state index in [-0.39, 0.29) is 0 Å². The molecule has 0 amide bonds. The standard InChI is InChI=1S/C13H12ClNO/c14-10-3-1-2-8-4-6-11-9(13(8)10)5-7-12(16)15-11/h1-4,6,12,15-16H,5,7H2. The number of aliphatic hydroxyl groups is 1. The number of rotatable bonds is 0. The molecule has 0 saturated carbocycles. The number of halogens is 1. The van der Waals surface area contributed by atoms with Crippen LogP contribution >= 0.6 is 11.6 Å². The van der Waals surface area contributed by atoms with Gasteiger partial charge in [0.2, 0.25) is 0 Å². The lowest BCUT2D eigenvalue weighted by Gasteiger charge is -2.24. The van der Waals surface area contributed by atoms with E-state index in [9.17, 15) is 5.11 Å². The van der Waals surface area contributed by atoms with Crippen LogP contribution < -0.4 is 5.32 Å². The number of anilines is 1. The SMILES string of the molecule is OC1CCc2c(ccc3cccc(Cl)c23)N1. The maximum absolute atomic E-state index is 9.55. The molecule has 2 aromatic carbocycles. The zero-order valence-electron chi connectivity index (χ0n) is 8.70. The van der Waals surface area contributed by atoms with Gasteiger partial charge in [0.15, 0.2) is 0 Å². The first-order chi connectivity index (χ1) is 7.75. The van der Waals surface area contributed by atoms with Gasteiger partial charge in [-0.15, -0.1) is 0 Å². The van der Waals surface area contributed by atoms with E-state index >= 15 is 0 Å². The third-order valence-corrected chi connectivity index (χ3v) is 3.41. The Morgan fingerprint density at radius 2 is 2.12 bits per heavy atom. The van der Waals surface area contributed by atoms with Crippen LogP contribution in [0.15, 0.2) is 30.3 Å². The molecular weight excluding hydrogens is 222 g/mol. The predicted molar refractivity (Wildman–Crippen MR) is 66.9 cm³/mol. The Balaban J connectivity index is 2.31. The van der Waals surface area contributed by atoms with Gasteiger partial charge in [-0.1, -0.05) is 29.8 Å². The van der Waals surface area contributed by atoms with Crippen LogP contribution in [0.5, 0.6) is 0 Å². The van der Waals surface area contributed by atoms with E-state index in [2.05, 4.69) is 11.4 Å². The summed E-state index contributed by atoms with van der Waals surface area (Å²) in [6, 6.07) is 9.98. The molecule has 3 heteroatoms. The second-order valence-electron chi connectivity index (χ2n) is 4.13. The monoisotopic (exact) mass is 233 g/mol. The number of hydrogen-bond acceptors (Lipinski definition) is 2. The van der Waals surface area contributed by atoms with Crippen LogP contribution in [0.4, 0.5) is 5.69 Å². The summed E-state index contributed by atoms with van der Waals surface area (Å²) in [5.74, 6) is 0. The fourth-order valence-corrected chi connectivity index (χ4v) is 2.63. The van der Waals surface area contributed by atoms with Crippen molar-refractivity contribution in [3.63, 3.8) is 0 Å². The van der Waals surface area contributed by atoms with Crippen molar-refractivity contribution in [2.75, 3.05) is 5.32 Å². The van der Waals surface area contributed by atoms with E-state index in [0.717, 1.165) is 34.3 Å². The average Bonchev–Trinajstić information content (AvgIpc) is 2.29. The molecule has 1 aliphatic rings. The maximum atomic E-state index is 9.55. The second kappa shape index (κ2) is 3.65. The molecule has 0 fully saturated rings. The maximum Gasteiger partial charge on any atom is 0.124 e. The highest BCUT2D eigenvalue weighted by Crippen LogP contribution is 2.35. The third-order valence-electron chi connectivity index (χ3n) is 3.09. The molecule has 1 atom stereocenters. The summed E-state index contributed by atoms with van der Waals surface area (Å²) in [5.41, 5.74) is 2.22. The highest BCUT2D eigenvalue weighted by molar-refractivity contribution is 6.36. The van der Waals surface area contributed by atoms with Gasteiger partial charge in [-0.05, 0) is 35.9 Å². The summed E-state index contributed by atoms with van der Waals surface area (Å²) in [4.78, 5) is 0. The first-order valence-corrected chi connectivity index (χ1v) is 5.78. The first-order valence-electron chi connectivity index (χ1n) is 5.40. The largest absolute Gasteiger partial charge is 0.374 e. The lowest BCUT2D eigenvalue weighted by molar-refractivity contribution is 0.189. The smallest absolute Gasteiger partial charge is 0.124 e. The van der Waals surface area contributed by atoms with Crippen LogP contribution in [-0.4, -0.2) is 11.3 Å². The molecule has 0 radical (unpaired) electrons. The van der Waals surface area contributed by atoms with Gasteiger partial charge in [-0.25, -0.2) is 0 Å². The molecule has 0 spiro atoms. The Labute approximate surface area is 98.8 Å². The molecule has 2 nitrogen and oxygen atoms in total. The number of benzene rings is 2. The molecule has 2 aromatic rings. The molecule has 1 aliphatic heterocycles. The summed E-state index contributed by atoms with van der Waals surface area (Å²) in [6.45, 7) is 0. The number of nitrogens with one attached hydrogen (secondary N) is 1. The summed E-state index contributed by atoms with van der Waals surface area (Å²) >= 11 is 6.24. The molecule has 2 N–H and O–H groups in total.